The van der Waals surface area contributed by atoms with Crippen molar-refractivity contribution in [2.75, 3.05) is 27.7 Å². The lowest BCUT2D eigenvalue weighted by Gasteiger charge is -2.28. The van der Waals surface area contributed by atoms with Crippen molar-refractivity contribution in [2.45, 2.75) is 19.3 Å². The number of hydrogen-bond donors (Lipinski definition) is 1. The van der Waals surface area contributed by atoms with Gasteiger partial charge in [-0.3, -0.25) is 4.99 Å². The average molecular weight is 379 g/mol. The topological polar surface area (TPSA) is 27.6 Å². The number of rotatable bonds is 3. The smallest absolute Gasteiger partial charge is 0.193 e. The van der Waals surface area contributed by atoms with Gasteiger partial charge in [0.15, 0.2) is 5.96 Å². The van der Waals surface area contributed by atoms with Crippen molar-refractivity contribution in [1.29, 1.82) is 0 Å². The Morgan fingerprint density at radius 2 is 2.00 bits per heavy atom. The summed E-state index contributed by atoms with van der Waals surface area (Å²) < 4.78 is 13.2. The van der Waals surface area contributed by atoms with Gasteiger partial charge >= 0.3 is 0 Å². The number of hydrogen-bond acceptors (Lipinski definition) is 1. The Labute approximate surface area is 132 Å². The van der Waals surface area contributed by atoms with Crippen LogP contribution in [0.2, 0.25) is 0 Å². The monoisotopic (exact) mass is 379 g/mol. The van der Waals surface area contributed by atoms with Gasteiger partial charge in [-0.15, -0.1) is 24.0 Å². The predicted molar refractivity (Wildman–Crippen MR) is 89.9 cm³/mol. The minimum Gasteiger partial charge on any atom is -0.355 e. The molecule has 1 rings (SSSR count). The first-order valence-corrected chi connectivity index (χ1v) is 6.01. The highest BCUT2D eigenvalue weighted by Crippen LogP contribution is 2.22. The van der Waals surface area contributed by atoms with Gasteiger partial charge in [-0.25, -0.2) is 4.39 Å². The third kappa shape index (κ3) is 5.34. The van der Waals surface area contributed by atoms with Crippen molar-refractivity contribution >= 4 is 29.9 Å². The summed E-state index contributed by atoms with van der Waals surface area (Å²) in [4.78, 5) is 6.08. The van der Waals surface area contributed by atoms with Crippen LogP contribution in [0.4, 0.5) is 4.39 Å². The van der Waals surface area contributed by atoms with Gasteiger partial charge in [-0.1, -0.05) is 26.0 Å². The van der Waals surface area contributed by atoms with E-state index in [1.54, 1.807) is 19.2 Å². The van der Waals surface area contributed by atoms with E-state index in [2.05, 4.69) is 24.2 Å². The highest BCUT2D eigenvalue weighted by atomic mass is 127. The molecular formula is C14H23FIN3. The zero-order valence-electron chi connectivity index (χ0n) is 12.2. The predicted octanol–water partition coefficient (Wildman–Crippen LogP) is 2.86. The molecule has 0 aromatic heterocycles. The Morgan fingerprint density at radius 1 is 1.37 bits per heavy atom. The van der Waals surface area contributed by atoms with Gasteiger partial charge in [0, 0.05) is 33.1 Å². The van der Waals surface area contributed by atoms with E-state index in [-0.39, 0.29) is 35.2 Å². The second-order valence-corrected chi connectivity index (χ2v) is 5.19. The maximum absolute atomic E-state index is 13.2. The van der Waals surface area contributed by atoms with Crippen LogP contribution < -0.4 is 5.32 Å². The van der Waals surface area contributed by atoms with Crippen LogP contribution in [0.3, 0.4) is 0 Å². The summed E-state index contributed by atoms with van der Waals surface area (Å²) in [5.41, 5.74) is 0.817. The molecule has 0 saturated heterocycles. The fourth-order valence-electron chi connectivity index (χ4n) is 1.75. The van der Waals surface area contributed by atoms with E-state index in [1.165, 1.54) is 6.07 Å². The van der Waals surface area contributed by atoms with Crippen LogP contribution in [-0.4, -0.2) is 38.5 Å². The fraction of sp³-hybridized carbons (Fsp3) is 0.500. The van der Waals surface area contributed by atoms with Gasteiger partial charge in [0.25, 0.3) is 0 Å². The van der Waals surface area contributed by atoms with Gasteiger partial charge in [-0.05, 0) is 17.7 Å². The molecule has 0 bridgehead atoms. The molecule has 0 atom stereocenters. The molecule has 0 radical (unpaired) electrons. The molecule has 5 heteroatoms. The SMILES string of the molecule is CN=C(NCC(C)(C)c1cccc(F)c1)N(C)C.I. The second-order valence-electron chi connectivity index (χ2n) is 5.19. The molecule has 3 nitrogen and oxygen atoms in total. The Hall–Kier alpha value is -0.850. The summed E-state index contributed by atoms with van der Waals surface area (Å²) in [7, 11) is 5.62. The molecule has 1 aromatic rings. The van der Waals surface area contributed by atoms with Crippen molar-refractivity contribution in [1.82, 2.24) is 10.2 Å². The van der Waals surface area contributed by atoms with E-state index in [1.807, 2.05) is 25.1 Å². The largest absolute Gasteiger partial charge is 0.355 e. The highest BCUT2D eigenvalue weighted by molar-refractivity contribution is 14.0. The van der Waals surface area contributed by atoms with Gasteiger partial charge in [0.1, 0.15) is 5.82 Å². The Morgan fingerprint density at radius 3 is 2.47 bits per heavy atom. The molecule has 19 heavy (non-hydrogen) atoms. The molecule has 0 fully saturated rings. The van der Waals surface area contributed by atoms with Crippen LogP contribution in [0.25, 0.3) is 0 Å². The van der Waals surface area contributed by atoms with Crippen LogP contribution in [0, 0.1) is 5.82 Å². The molecule has 0 amide bonds. The number of benzene rings is 1. The van der Waals surface area contributed by atoms with Crippen LogP contribution >= 0.6 is 24.0 Å². The number of guanidine groups is 1. The minimum atomic E-state index is -0.197. The highest BCUT2D eigenvalue weighted by Gasteiger charge is 2.21. The summed E-state index contributed by atoms with van der Waals surface area (Å²) in [6, 6.07) is 6.74. The average Bonchev–Trinajstić information content (AvgIpc) is 2.29. The third-order valence-electron chi connectivity index (χ3n) is 2.93. The molecule has 0 saturated carbocycles. The lowest BCUT2D eigenvalue weighted by atomic mass is 9.84. The molecule has 0 spiro atoms. The standard InChI is InChI=1S/C14H22FN3.HI/c1-14(2,10-17-13(16-3)18(4)5)11-7-6-8-12(15)9-11;/h6-9H,10H2,1-5H3,(H,16,17);1H. The van der Waals surface area contributed by atoms with Crippen molar-refractivity contribution in [3.63, 3.8) is 0 Å². The van der Waals surface area contributed by atoms with E-state index in [0.29, 0.717) is 6.54 Å². The number of aliphatic imine (C=N–C) groups is 1. The lowest BCUT2D eigenvalue weighted by Crippen LogP contribution is -2.42. The van der Waals surface area contributed by atoms with Crippen molar-refractivity contribution in [3.8, 4) is 0 Å². The van der Waals surface area contributed by atoms with E-state index >= 15 is 0 Å². The van der Waals surface area contributed by atoms with E-state index in [0.717, 1.165) is 11.5 Å². The number of halogens is 2. The molecule has 1 aromatic carbocycles. The Kier molecular flexibility index (Phi) is 7.33. The second kappa shape index (κ2) is 7.67. The summed E-state index contributed by atoms with van der Waals surface area (Å²) in [5, 5.41) is 3.28. The zero-order chi connectivity index (χ0) is 13.8. The van der Waals surface area contributed by atoms with Crippen molar-refractivity contribution < 1.29 is 4.39 Å². The summed E-state index contributed by atoms with van der Waals surface area (Å²) in [6.07, 6.45) is 0. The fourth-order valence-corrected chi connectivity index (χ4v) is 1.75. The summed E-state index contributed by atoms with van der Waals surface area (Å²) >= 11 is 0. The number of nitrogens with zero attached hydrogens (tertiary/aromatic N) is 2. The lowest BCUT2D eigenvalue weighted by molar-refractivity contribution is 0.485. The van der Waals surface area contributed by atoms with E-state index in [9.17, 15) is 4.39 Å². The normalized spacial score (nSPS) is 11.8. The van der Waals surface area contributed by atoms with Crippen LogP contribution in [0.15, 0.2) is 29.3 Å². The maximum atomic E-state index is 13.2. The first-order chi connectivity index (χ1) is 8.36. The molecule has 0 unspecified atom stereocenters. The Bertz CT molecular complexity index is 430. The van der Waals surface area contributed by atoms with Crippen molar-refractivity contribution in [3.05, 3.63) is 35.6 Å². The molecule has 1 N–H and O–H groups in total. The number of nitrogens with one attached hydrogen (secondary N) is 1. The van der Waals surface area contributed by atoms with Crippen LogP contribution in [0.5, 0.6) is 0 Å². The molecule has 0 heterocycles. The summed E-state index contributed by atoms with van der Waals surface area (Å²) in [6.45, 7) is 4.86. The van der Waals surface area contributed by atoms with Gasteiger partial charge in [0.2, 0.25) is 0 Å². The molecule has 108 valence electrons. The minimum absolute atomic E-state index is 0. The molecule has 0 aliphatic rings. The first kappa shape index (κ1) is 18.1. The molecule has 0 aliphatic heterocycles. The van der Waals surface area contributed by atoms with Gasteiger partial charge in [0.05, 0.1) is 0 Å². The Balaban J connectivity index is 0.00000324. The van der Waals surface area contributed by atoms with Crippen LogP contribution in [0.1, 0.15) is 19.4 Å². The quantitative estimate of drug-likeness (QED) is 0.497. The van der Waals surface area contributed by atoms with Gasteiger partial charge < -0.3 is 10.2 Å². The first-order valence-electron chi connectivity index (χ1n) is 6.01. The molecular weight excluding hydrogens is 356 g/mol. The van der Waals surface area contributed by atoms with E-state index < -0.39 is 0 Å². The third-order valence-corrected chi connectivity index (χ3v) is 2.93. The maximum Gasteiger partial charge on any atom is 0.193 e. The summed E-state index contributed by atoms with van der Waals surface area (Å²) in [5.74, 6) is 0.622. The van der Waals surface area contributed by atoms with Gasteiger partial charge in [-0.2, -0.15) is 0 Å². The molecule has 0 aliphatic carbocycles. The van der Waals surface area contributed by atoms with E-state index in [4.69, 9.17) is 0 Å². The van der Waals surface area contributed by atoms with Crippen LogP contribution in [-0.2, 0) is 5.41 Å². The zero-order valence-corrected chi connectivity index (χ0v) is 14.5. The van der Waals surface area contributed by atoms with Crippen molar-refractivity contribution in [2.24, 2.45) is 4.99 Å².